The fourth-order valence-corrected chi connectivity index (χ4v) is 1.69. The summed E-state index contributed by atoms with van der Waals surface area (Å²) in [4.78, 5) is 14.6. The second-order valence-electron chi connectivity index (χ2n) is 2.88. The van der Waals surface area contributed by atoms with Gasteiger partial charge in [0.2, 0.25) is 0 Å². The Labute approximate surface area is 93.9 Å². The first kappa shape index (κ1) is 9.92. The summed E-state index contributed by atoms with van der Waals surface area (Å²) < 4.78 is 5.99. The molecular formula is C10H7BrN2O2. The number of nitrogen functional groups attached to an aromatic ring is 1. The van der Waals surface area contributed by atoms with Crippen LogP contribution in [-0.2, 0) is 0 Å². The second-order valence-corrected chi connectivity index (χ2v) is 3.73. The minimum absolute atomic E-state index is 0.131. The van der Waals surface area contributed by atoms with Gasteiger partial charge in [0, 0.05) is 16.1 Å². The molecule has 1 aromatic carbocycles. The lowest BCUT2D eigenvalue weighted by atomic mass is 10.2. The molecule has 5 heteroatoms. The van der Waals surface area contributed by atoms with Crippen molar-refractivity contribution in [1.29, 1.82) is 0 Å². The molecule has 0 aliphatic rings. The normalized spacial score (nSPS) is 10.2. The van der Waals surface area contributed by atoms with Gasteiger partial charge in [-0.25, -0.2) is 0 Å². The highest BCUT2D eigenvalue weighted by Crippen LogP contribution is 2.27. The first-order chi connectivity index (χ1) is 7.16. The van der Waals surface area contributed by atoms with E-state index in [-0.39, 0.29) is 6.01 Å². The van der Waals surface area contributed by atoms with E-state index in [9.17, 15) is 4.79 Å². The summed E-state index contributed by atoms with van der Waals surface area (Å²) >= 11 is 3.36. The molecule has 15 heavy (non-hydrogen) atoms. The lowest BCUT2D eigenvalue weighted by Gasteiger charge is -2.02. The fraction of sp³-hybridized carbons (Fsp3) is 0. The van der Waals surface area contributed by atoms with Gasteiger partial charge in [-0.2, -0.15) is 4.98 Å². The van der Waals surface area contributed by atoms with Crippen molar-refractivity contribution in [2.75, 3.05) is 5.73 Å². The van der Waals surface area contributed by atoms with E-state index < -0.39 is 5.56 Å². The van der Waals surface area contributed by atoms with E-state index in [0.717, 1.165) is 10.0 Å². The standard InChI is InChI=1S/C10H7BrN2O2/c11-7-4-2-1-3-6(7)8-5-9(14)13-10(12)15-8/h1-5H,(H2,12,13,14). The van der Waals surface area contributed by atoms with E-state index in [1.54, 1.807) is 0 Å². The molecule has 0 atom stereocenters. The molecule has 2 N–H and O–H groups in total. The van der Waals surface area contributed by atoms with Crippen molar-refractivity contribution in [3.8, 4) is 11.3 Å². The summed E-state index contributed by atoms with van der Waals surface area (Å²) in [5.74, 6) is 0.403. The Kier molecular flexibility index (Phi) is 2.55. The van der Waals surface area contributed by atoms with Gasteiger partial charge in [-0.3, -0.25) is 4.79 Å². The van der Waals surface area contributed by atoms with Gasteiger partial charge < -0.3 is 10.2 Å². The molecule has 0 aliphatic carbocycles. The third-order valence-corrected chi connectivity index (χ3v) is 2.52. The van der Waals surface area contributed by atoms with Gasteiger partial charge in [0.15, 0.2) is 0 Å². The van der Waals surface area contributed by atoms with Gasteiger partial charge >= 0.3 is 0 Å². The van der Waals surface area contributed by atoms with Gasteiger partial charge in [0.05, 0.1) is 0 Å². The second kappa shape index (κ2) is 3.86. The lowest BCUT2D eigenvalue weighted by Crippen LogP contribution is -2.07. The number of nitrogens with two attached hydrogens (primary N) is 1. The summed E-state index contributed by atoms with van der Waals surface area (Å²) in [5, 5.41) is 0. The molecule has 0 radical (unpaired) electrons. The number of halogens is 1. The zero-order valence-corrected chi connectivity index (χ0v) is 9.19. The van der Waals surface area contributed by atoms with Crippen LogP contribution in [0.2, 0.25) is 0 Å². The van der Waals surface area contributed by atoms with Crippen LogP contribution in [0.25, 0.3) is 11.3 Å². The van der Waals surface area contributed by atoms with E-state index in [4.69, 9.17) is 10.2 Å². The van der Waals surface area contributed by atoms with Crippen molar-refractivity contribution in [3.63, 3.8) is 0 Å². The third kappa shape index (κ3) is 2.07. The number of aromatic nitrogens is 1. The van der Waals surface area contributed by atoms with E-state index in [2.05, 4.69) is 20.9 Å². The molecule has 0 fully saturated rings. The molecule has 0 saturated heterocycles. The van der Waals surface area contributed by atoms with Crippen molar-refractivity contribution < 1.29 is 4.42 Å². The molecule has 2 aromatic rings. The summed E-state index contributed by atoms with van der Waals surface area (Å²) in [7, 11) is 0. The van der Waals surface area contributed by atoms with Crippen LogP contribution in [0, 0.1) is 0 Å². The molecule has 0 bridgehead atoms. The van der Waals surface area contributed by atoms with Gasteiger partial charge in [0.1, 0.15) is 5.76 Å². The monoisotopic (exact) mass is 266 g/mol. The van der Waals surface area contributed by atoms with Crippen LogP contribution >= 0.6 is 15.9 Å². The highest BCUT2D eigenvalue weighted by Gasteiger charge is 2.06. The summed E-state index contributed by atoms with van der Waals surface area (Å²) in [6, 6.07) is 8.56. The highest BCUT2D eigenvalue weighted by atomic mass is 79.9. The van der Waals surface area contributed by atoms with Crippen LogP contribution in [0.5, 0.6) is 0 Å². The average molecular weight is 267 g/mol. The van der Waals surface area contributed by atoms with E-state index in [0.29, 0.717) is 5.76 Å². The number of rotatable bonds is 1. The van der Waals surface area contributed by atoms with E-state index >= 15 is 0 Å². The molecular weight excluding hydrogens is 260 g/mol. The quantitative estimate of drug-likeness (QED) is 0.858. The van der Waals surface area contributed by atoms with E-state index in [1.807, 2.05) is 24.3 Å². The predicted octanol–water partition coefficient (Wildman–Crippen LogP) is 2.05. The van der Waals surface area contributed by atoms with Crippen molar-refractivity contribution in [2.45, 2.75) is 0 Å². The Hall–Kier alpha value is -1.62. The van der Waals surface area contributed by atoms with Gasteiger partial charge in [-0.05, 0) is 6.07 Å². The Morgan fingerprint density at radius 3 is 2.73 bits per heavy atom. The summed E-state index contributed by atoms with van der Waals surface area (Å²) in [5.41, 5.74) is 5.71. The Bertz CT molecular complexity index is 551. The number of nitrogens with zero attached hydrogens (tertiary/aromatic N) is 1. The lowest BCUT2D eigenvalue weighted by molar-refractivity contribution is 0.563. The van der Waals surface area contributed by atoms with Crippen molar-refractivity contribution >= 4 is 21.9 Å². The molecule has 1 heterocycles. The molecule has 4 nitrogen and oxygen atoms in total. The predicted molar refractivity (Wildman–Crippen MR) is 60.3 cm³/mol. The zero-order valence-electron chi connectivity index (χ0n) is 7.61. The van der Waals surface area contributed by atoms with Crippen LogP contribution in [0.3, 0.4) is 0 Å². The number of benzene rings is 1. The van der Waals surface area contributed by atoms with Crippen molar-refractivity contribution in [3.05, 3.63) is 45.2 Å². The van der Waals surface area contributed by atoms with Gasteiger partial charge in [-0.1, -0.05) is 34.1 Å². The van der Waals surface area contributed by atoms with Crippen LogP contribution in [0.4, 0.5) is 6.01 Å². The molecule has 76 valence electrons. The zero-order chi connectivity index (χ0) is 10.8. The fourth-order valence-electron chi connectivity index (χ4n) is 1.21. The first-order valence-electron chi connectivity index (χ1n) is 4.19. The molecule has 0 aliphatic heterocycles. The number of hydrogen-bond acceptors (Lipinski definition) is 4. The molecule has 0 unspecified atom stereocenters. The van der Waals surface area contributed by atoms with Gasteiger partial charge in [0.25, 0.3) is 11.6 Å². The SMILES string of the molecule is Nc1nc(=O)cc(-c2ccccc2Br)o1. The minimum atomic E-state index is -0.412. The van der Waals surface area contributed by atoms with Crippen LogP contribution in [0.1, 0.15) is 0 Å². The number of anilines is 1. The Morgan fingerprint density at radius 1 is 1.33 bits per heavy atom. The van der Waals surface area contributed by atoms with Crippen molar-refractivity contribution in [1.82, 2.24) is 4.98 Å². The smallest absolute Gasteiger partial charge is 0.295 e. The summed E-state index contributed by atoms with van der Waals surface area (Å²) in [6.45, 7) is 0. The topological polar surface area (TPSA) is 69.1 Å². The summed E-state index contributed by atoms with van der Waals surface area (Å²) in [6.07, 6.45) is 0. The molecule has 2 rings (SSSR count). The maximum atomic E-state index is 11.1. The Morgan fingerprint density at radius 2 is 2.07 bits per heavy atom. The van der Waals surface area contributed by atoms with Crippen LogP contribution < -0.4 is 11.3 Å². The molecule has 1 aromatic heterocycles. The molecule has 0 amide bonds. The number of hydrogen-bond donors (Lipinski definition) is 1. The van der Waals surface area contributed by atoms with E-state index in [1.165, 1.54) is 6.07 Å². The maximum absolute atomic E-state index is 11.1. The Balaban J connectivity index is 2.64. The minimum Gasteiger partial charge on any atom is -0.425 e. The van der Waals surface area contributed by atoms with Gasteiger partial charge in [-0.15, -0.1) is 0 Å². The average Bonchev–Trinajstić information content (AvgIpc) is 2.16. The first-order valence-corrected chi connectivity index (χ1v) is 4.98. The van der Waals surface area contributed by atoms with Crippen LogP contribution in [-0.4, -0.2) is 4.98 Å². The van der Waals surface area contributed by atoms with Crippen molar-refractivity contribution in [2.24, 2.45) is 0 Å². The molecule has 0 spiro atoms. The largest absolute Gasteiger partial charge is 0.425 e. The highest BCUT2D eigenvalue weighted by molar-refractivity contribution is 9.10. The maximum Gasteiger partial charge on any atom is 0.295 e. The van der Waals surface area contributed by atoms with Crippen LogP contribution in [0.15, 0.2) is 44.0 Å². The molecule has 0 saturated carbocycles. The third-order valence-electron chi connectivity index (χ3n) is 1.83.